The molecule has 0 amide bonds. The van der Waals surface area contributed by atoms with Gasteiger partial charge in [-0.2, -0.15) is 10.4 Å². The van der Waals surface area contributed by atoms with Crippen molar-refractivity contribution in [3.05, 3.63) is 31.0 Å². The molecule has 3 aromatic heterocycles. The highest BCUT2D eigenvalue weighted by Gasteiger charge is 2.33. The molecule has 1 fully saturated rings. The Morgan fingerprint density at radius 2 is 2.33 bits per heavy atom. The second-order valence-electron chi connectivity index (χ2n) is 5.44. The number of nitrogens with zero attached hydrogens (tertiary/aromatic N) is 5. The Morgan fingerprint density at radius 3 is 3.14 bits per heavy atom. The SMILES string of the molecule is N#CC[C@H](C1CC1)n1cc(-c2ncnc3[nH]ccc23)cn1. The lowest BCUT2D eigenvalue weighted by Gasteiger charge is -2.12. The van der Waals surface area contributed by atoms with Crippen LogP contribution in [0.5, 0.6) is 0 Å². The molecule has 4 rings (SSSR count). The average molecular weight is 278 g/mol. The Hall–Kier alpha value is -2.68. The third kappa shape index (κ3) is 2.07. The number of aromatic nitrogens is 5. The van der Waals surface area contributed by atoms with Crippen LogP contribution in [0.4, 0.5) is 0 Å². The van der Waals surface area contributed by atoms with Crippen molar-refractivity contribution in [1.82, 2.24) is 24.7 Å². The molecule has 1 atom stereocenters. The minimum atomic E-state index is 0.187. The molecule has 1 aliphatic carbocycles. The van der Waals surface area contributed by atoms with Crippen LogP contribution in [0, 0.1) is 17.2 Å². The van der Waals surface area contributed by atoms with E-state index in [1.807, 2.05) is 29.3 Å². The summed E-state index contributed by atoms with van der Waals surface area (Å²) in [5.74, 6) is 0.593. The Kier molecular flexibility index (Phi) is 2.71. The predicted molar refractivity (Wildman–Crippen MR) is 77.1 cm³/mol. The molecule has 1 aliphatic rings. The fourth-order valence-electron chi connectivity index (χ4n) is 2.79. The van der Waals surface area contributed by atoms with Gasteiger partial charge < -0.3 is 4.98 Å². The molecule has 6 nitrogen and oxygen atoms in total. The lowest BCUT2D eigenvalue weighted by atomic mass is 10.1. The van der Waals surface area contributed by atoms with Crippen molar-refractivity contribution < 1.29 is 0 Å². The third-order valence-electron chi connectivity index (χ3n) is 4.04. The molecule has 0 saturated heterocycles. The number of fused-ring (bicyclic) bond motifs is 1. The first-order chi connectivity index (χ1) is 10.4. The van der Waals surface area contributed by atoms with E-state index in [0.29, 0.717) is 12.3 Å². The van der Waals surface area contributed by atoms with Gasteiger partial charge >= 0.3 is 0 Å². The second-order valence-corrected chi connectivity index (χ2v) is 5.44. The van der Waals surface area contributed by atoms with Gasteiger partial charge in [0, 0.05) is 23.3 Å². The maximum absolute atomic E-state index is 9.00. The minimum absolute atomic E-state index is 0.187. The minimum Gasteiger partial charge on any atom is -0.346 e. The number of aromatic amines is 1. The van der Waals surface area contributed by atoms with E-state index >= 15 is 0 Å². The van der Waals surface area contributed by atoms with Gasteiger partial charge in [0.25, 0.3) is 0 Å². The molecular weight excluding hydrogens is 264 g/mol. The summed E-state index contributed by atoms with van der Waals surface area (Å²) in [7, 11) is 0. The first-order valence-corrected chi connectivity index (χ1v) is 7.06. The van der Waals surface area contributed by atoms with Gasteiger partial charge in [-0.1, -0.05) is 0 Å². The number of rotatable bonds is 4. The van der Waals surface area contributed by atoms with Crippen LogP contribution >= 0.6 is 0 Å². The average Bonchev–Trinajstić information content (AvgIpc) is 3.02. The summed E-state index contributed by atoms with van der Waals surface area (Å²) in [5, 5.41) is 14.4. The lowest BCUT2D eigenvalue weighted by molar-refractivity contribution is 0.412. The van der Waals surface area contributed by atoms with Gasteiger partial charge in [0.1, 0.15) is 12.0 Å². The fourth-order valence-corrected chi connectivity index (χ4v) is 2.79. The number of hydrogen-bond acceptors (Lipinski definition) is 4. The maximum Gasteiger partial charge on any atom is 0.141 e. The van der Waals surface area contributed by atoms with Crippen LogP contribution in [0.3, 0.4) is 0 Å². The van der Waals surface area contributed by atoms with Crippen molar-refractivity contribution in [3.63, 3.8) is 0 Å². The summed E-state index contributed by atoms with van der Waals surface area (Å²) in [6.07, 6.45) is 10.1. The van der Waals surface area contributed by atoms with Crippen LogP contribution < -0.4 is 0 Å². The number of H-pyrrole nitrogens is 1. The number of hydrogen-bond donors (Lipinski definition) is 1. The van der Waals surface area contributed by atoms with Gasteiger partial charge in [0.05, 0.1) is 30.4 Å². The van der Waals surface area contributed by atoms with Gasteiger partial charge in [-0.05, 0) is 24.8 Å². The van der Waals surface area contributed by atoms with Crippen molar-refractivity contribution in [2.45, 2.75) is 25.3 Å². The molecule has 21 heavy (non-hydrogen) atoms. The summed E-state index contributed by atoms with van der Waals surface area (Å²) in [6.45, 7) is 0. The molecule has 6 heteroatoms. The zero-order valence-electron chi connectivity index (χ0n) is 11.4. The van der Waals surface area contributed by atoms with E-state index < -0.39 is 0 Å². The van der Waals surface area contributed by atoms with E-state index in [-0.39, 0.29) is 6.04 Å². The van der Waals surface area contributed by atoms with Crippen LogP contribution in [0.15, 0.2) is 31.0 Å². The molecular formula is C15H14N6. The van der Waals surface area contributed by atoms with E-state index in [1.54, 1.807) is 6.33 Å². The van der Waals surface area contributed by atoms with Crippen molar-refractivity contribution in [2.75, 3.05) is 0 Å². The molecule has 0 radical (unpaired) electrons. The van der Waals surface area contributed by atoms with Crippen LogP contribution in [-0.4, -0.2) is 24.7 Å². The van der Waals surface area contributed by atoms with Crippen molar-refractivity contribution in [3.8, 4) is 17.3 Å². The van der Waals surface area contributed by atoms with E-state index in [1.165, 1.54) is 12.8 Å². The molecule has 1 saturated carbocycles. The van der Waals surface area contributed by atoms with E-state index in [0.717, 1.165) is 22.3 Å². The van der Waals surface area contributed by atoms with Gasteiger partial charge in [-0.3, -0.25) is 4.68 Å². The molecule has 0 bridgehead atoms. The third-order valence-corrected chi connectivity index (χ3v) is 4.04. The Morgan fingerprint density at radius 1 is 1.43 bits per heavy atom. The first-order valence-electron chi connectivity index (χ1n) is 7.06. The predicted octanol–water partition coefficient (Wildman–Crippen LogP) is 2.69. The van der Waals surface area contributed by atoms with Crippen molar-refractivity contribution >= 4 is 11.0 Å². The highest BCUT2D eigenvalue weighted by Crippen LogP contribution is 2.41. The molecule has 3 heterocycles. The summed E-state index contributed by atoms with van der Waals surface area (Å²) < 4.78 is 1.93. The highest BCUT2D eigenvalue weighted by atomic mass is 15.3. The number of nitrogens with one attached hydrogen (secondary N) is 1. The lowest BCUT2D eigenvalue weighted by Crippen LogP contribution is -2.10. The Bertz CT molecular complexity index is 820. The Labute approximate surface area is 121 Å². The Balaban J connectivity index is 1.74. The molecule has 0 aliphatic heterocycles. The van der Waals surface area contributed by atoms with Crippen molar-refractivity contribution in [2.24, 2.45) is 5.92 Å². The topological polar surface area (TPSA) is 83.2 Å². The van der Waals surface area contributed by atoms with Gasteiger partial charge in [0.2, 0.25) is 0 Å². The van der Waals surface area contributed by atoms with Crippen LogP contribution in [0.1, 0.15) is 25.3 Å². The quantitative estimate of drug-likeness (QED) is 0.795. The van der Waals surface area contributed by atoms with Crippen LogP contribution in [0.2, 0.25) is 0 Å². The smallest absolute Gasteiger partial charge is 0.141 e. The molecule has 0 aromatic carbocycles. The molecule has 104 valence electrons. The summed E-state index contributed by atoms with van der Waals surface area (Å²) in [6, 6.07) is 4.43. The summed E-state index contributed by atoms with van der Waals surface area (Å²) in [5.41, 5.74) is 2.66. The molecule has 3 aromatic rings. The molecule has 0 spiro atoms. The van der Waals surface area contributed by atoms with E-state index in [2.05, 4.69) is 26.1 Å². The van der Waals surface area contributed by atoms with Gasteiger partial charge in [-0.25, -0.2) is 9.97 Å². The molecule has 1 N–H and O–H groups in total. The van der Waals surface area contributed by atoms with E-state index in [4.69, 9.17) is 5.26 Å². The van der Waals surface area contributed by atoms with Crippen LogP contribution in [-0.2, 0) is 0 Å². The fraction of sp³-hybridized carbons (Fsp3) is 0.333. The second kappa shape index (κ2) is 4.70. The van der Waals surface area contributed by atoms with E-state index in [9.17, 15) is 0 Å². The monoisotopic (exact) mass is 278 g/mol. The van der Waals surface area contributed by atoms with Gasteiger partial charge in [-0.15, -0.1) is 0 Å². The first kappa shape index (κ1) is 12.1. The van der Waals surface area contributed by atoms with Crippen molar-refractivity contribution in [1.29, 1.82) is 5.26 Å². The summed E-state index contributed by atoms with van der Waals surface area (Å²) >= 11 is 0. The molecule has 0 unspecified atom stereocenters. The normalized spacial score (nSPS) is 16.0. The summed E-state index contributed by atoms with van der Waals surface area (Å²) in [4.78, 5) is 11.7. The van der Waals surface area contributed by atoms with Gasteiger partial charge in [0.15, 0.2) is 0 Å². The standard InChI is InChI=1S/C15H14N6/c16-5-3-13(10-1-2-10)21-8-11(7-20-21)14-12-4-6-17-15(12)19-9-18-14/h4,6-10,13H,1-3H2,(H,17,18,19)/t13-/m1/s1. The zero-order chi connectivity index (χ0) is 14.2. The largest absolute Gasteiger partial charge is 0.346 e. The number of nitriles is 1. The maximum atomic E-state index is 9.00. The highest BCUT2D eigenvalue weighted by molar-refractivity contribution is 5.89. The zero-order valence-corrected chi connectivity index (χ0v) is 11.4. The van der Waals surface area contributed by atoms with Crippen LogP contribution in [0.25, 0.3) is 22.3 Å².